The second-order valence-electron chi connectivity index (χ2n) is 6.20. The van der Waals surface area contributed by atoms with Gasteiger partial charge in [-0.15, -0.1) is 11.3 Å². The summed E-state index contributed by atoms with van der Waals surface area (Å²) in [6.07, 6.45) is 2.04. The zero-order valence-corrected chi connectivity index (χ0v) is 14.4. The van der Waals surface area contributed by atoms with Crippen LogP contribution in [-0.4, -0.2) is 35.3 Å². The Hall–Kier alpha value is -1.79. The summed E-state index contributed by atoms with van der Waals surface area (Å²) in [5.41, 5.74) is 0.428. The first kappa shape index (κ1) is 17.0. The van der Waals surface area contributed by atoms with E-state index < -0.39 is 11.6 Å². The van der Waals surface area contributed by atoms with Crippen LogP contribution >= 0.6 is 11.3 Å². The van der Waals surface area contributed by atoms with Gasteiger partial charge in [0.1, 0.15) is 11.6 Å². The largest absolute Gasteiger partial charge is 0.340 e. The lowest BCUT2D eigenvalue weighted by molar-refractivity contribution is -0.131. The monoisotopic (exact) mass is 350 g/mol. The molecule has 1 heterocycles. The molecule has 0 unspecified atom stereocenters. The molecule has 1 fully saturated rings. The number of carbonyl (C=O) groups excluding carboxylic acids is 1. The van der Waals surface area contributed by atoms with Gasteiger partial charge < -0.3 is 4.90 Å². The van der Waals surface area contributed by atoms with E-state index in [0.717, 1.165) is 23.8 Å². The summed E-state index contributed by atoms with van der Waals surface area (Å²) >= 11 is 1.62. The van der Waals surface area contributed by atoms with Crippen molar-refractivity contribution in [2.45, 2.75) is 32.0 Å². The molecule has 1 amide bonds. The quantitative estimate of drug-likeness (QED) is 0.761. The molecule has 1 aromatic heterocycles. The highest BCUT2D eigenvalue weighted by molar-refractivity contribution is 7.09. The molecule has 1 aliphatic carbocycles. The lowest BCUT2D eigenvalue weighted by Gasteiger charge is -2.25. The van der Waals surface area contributed by atoms with Crippen LogP contribution in [0.15, 0.2) is 35.7 Å². The van der Waals surface area contributed by atoms with Crippen molar-refractivity contribution in [3.8, 4) is 0 Å². The van der Waals surface area contributed by atoms with Gasteiger partial charge in [0.2, 0.25) is 5.91 Å². The first-order valence-corrected chi connectivity index (χ1v) is 8.85. The number of amides is 1. The second-order valence-corrected chi connectivity index (χ2v) is 7.23. The first-order valence-electron chi connectivity index (χ1n) is 7.97. The van der Waals surface area contributed by atoms with Gasteiger partial charge in [-0.1, -0.05) is 12.1 Å². The van der Waals surface area contributed by atoms with Crippen LogP contribution in [0.2, 0.25) is 0 Å². The van der Waals surface area contributed by atoms with Crippen molar-refractivity contribution in [1.29, 1.82) is 0 Å². The van der Waals surface area contributed by atoms with Gasteiger partial charge in [0.05, 0.1) is 13.1 Å². The Morgan fingerprint density at radius 1 is 1.25 bits per heavy atom. The van der Waals surface area contributed by atoms with Gasteiger partial charge in [-0.2, -0.15) is 0 Å². The standard InChI is InChI=1S/C18H20F2N2OS/c1-21(11-16-3-2-8-24-16)18(23)12-22(15-6-7-15)10-13-4-5-14(19)9-17(13)20/h2-5,8-9,15H,6-7,10-12H2,1H3. The average Bonchev–Trinajstić information content (AvgIpc) is 3.27. The Balaban J connectivity index is 1.62. The molecular formula is C18H20F2N2OS. The number of hydrogen-bond donors (Lipinski definition) is 0. The van der Waals surface area contributed by atoms with Crippen molar-refractivity contribution in [1.82, 2.24) is 9.80 Å². The molecule has 1 saturated carbocycles. The normalized spacial score (nSPS) is 14.2. The average molecular weight is 350 g/mol. The number of halogens is 2. The third-order valence-corrected chi connectivity index (χ3v) is 5.05. The molecule has 0 atom stereocenters. The van der Waals surface area contributed by atoms with E-state index in [9.17, 15) is 13.6 Å². The Morgan fingerprint density at radius 3 is 2.67 bits per heavy atom. The van der Waals surface area contributed by atoms with E-state index in [2.05, 4.69) is 0 Å². The highest BCUT2D eigenvalue weighted by atomic mass is 32.1. The van der Waals surface area contributed by atoms with Crippen molar-refractivity contribution in [3.63, 3.8) is 0 Å². The summed E-state index contributed by atoms with van der Waals surface area (Å²) in [6, 6.07) is 7.89. The summed E-state index contributed by atoms with van der Waals surface area (Å²) in [5, 5.41) is 1.99. The first-order chi connectivity index (χ1) is 11.5. The molecule has 128 valence electrons. The molecule has 1 aromatic carbocycles. The number of carbonyl (C=O) groups is 1. The third-order valence-electron chi connectivity index (χ3n) is 4.19. The second kappa shape index (κ2) is 7.40. The fourth-order valence-corrected chi connectivity index (χ4v) is 3.40. The summed E-state index contributed by atoms with van der Waals surface area (Å²) in [4.78, 5) is 17.3. The van der Waals surface area contributed by atoms with Crippen LogP contribution in [-0.2, 0) is 17.9 Å². The summed E-state index contributed by atoms with van der Waals surface area (Å²) < 4.78 is 26.9. The molecule has 0 bridgehead atoms. The highest BCUT2D eigenvalue weighted by Crippen LogP contribution is 2.29. The number of hydrogen-bond acceptors (Lipinski definition) is 3. The van der Waals surface area contributed by atoms with Gasteiger partial charge in [-0.25, -0.2) is 8.78 Å². The maximum Gasteiger partial charge on any atom is 0.236 e. The van der Waals surface area contributed by atoms with E-state index in [1.165, 1.54) is 12.1 Å². The Kier molecular flexibility index (Phi) is 5.26. The van der Waals surface area contributed by atoms with Crippen LogP contribution < -0.4 is 0 Å². The fourth-order valence-electron chi connectivity index (χ4n) is 2.64. The molecule has 0 radical (unpaired) electrons. The molecule has 0 saturated heterocycles. The van der Waals surface area contributed by atoms with Crippen molar-refractivity contribution < 1.29 is 13.6 Å². The molecule has 24 heavy (non-hydrogen) atoms. The summed E-state index contributed by atoms with van der Waals surface area (Å²) in [6.45, 7) is 1.17. The molecule has 2 aromatic rings. The number of likely N-dealkylation sites (N-methyl/N-ethyl adjacent to an activating group) is 1. The Morgan fingerprint density at radius 2 is 2.04 bits per heavy atom. The van der Waals surface area contributed by atoms with Crippen molar-refractivity contribution in [2.24, 2.45) is 0 Å². The van der Waals surface area contributed by atoms with Gasteiger partial charge in [0.15, 0.2) is 0 Å². The zero-order valence-electron chi connectivity index (χ0n) is 13.5. The van der Waals surface area contributed by atoms with Crippen LogP contribution in [0.3, 0.4) is 0 Å². The molecule has 6 heteroatoms. The predicted molar refractivity (Wildman–Crippen MR) is 90.6 cm³/mol. The van der Waals surface area contributed by atoms with E-state index in [4.69, 9.17) is 0 Å². The van der Waals surface area contributed by atoms with E-state index in [1.54, 1.807) is 23.3 Å². The van der Waals surface area contributed by atoms with Crippen LogP contribution in [0.5, 0.6) is 0 Å². The van der Waals surface area contributed by atoms with Gasteiger partial charge in [0.25, 0.3) is 0 Å². The molecule has 3 rings (SSSR count). The summed E-state index contributed by atoms with van der Waals surface area (Å²) in [5.74, 6) is -1.13. The van der Waals surface area contributed by atoms with Crippen LogP contribution in [0.1, 0.15) is 23.3 Å². The Labute approximate surface area is 144 Å². The third kappa shape index (κ3) is 4.39. The lowest BCUT2D eigenvalue weighted by atomic mass is 10.2. The minimum atomic E-state index is -0.582. The molecule has 0 aliphatic heterocycles. The van der Waals surface area contributed by atoms with Crippen LogP contribution in [0.25, 0.3) is 0 Å². The number of rotatable bonds is 7. The Bertz CT molecular complexity index is 701. The SMILES string of the molecule is CN(Cc1cccs1)C(=O)CN(Cc1ccc(F)cc1F)C1CC1. The zero-order chi connectivity index (χ0) is 17.1. The number of nitrogens with zero attached hydrogens (tertiary/aromatic N) is 2. The molecule has 0 spiro atoms. The number of benzene rings is 1. The predicted octanol–water partition coefficient (Wildman–Crippen LogP) is 3.65. The highest BCUT2D eigenvalue weighted by Gasteiger charge is 2.31. The summed E-state index contributed by atoms with van der Waals surface area (Å²) in [7, 11) is 1.78. The maximum atomic E-state index is 13.9. The maximum absolute atomic E-state index is 13.9. The van der Waals surface area contributed by atoms with E-state index in [-0.39, 0.29) is 12.5 Å². The van der Waals surface area contributed by atoms with Crippen molar-refractivity contribution >= 4 is 17.2 Å². The van der Waals surface area contributed by atoms with E-state index in [0.29, 0.717) is 24.7 Å². The van der Waals surface area contributed by atoms with Gasteiger partial charge >= 0.3 is 0 Å². The lowest BCUT2D eigenvalue weighted by Crippen LogP contribution is -2.39. The van der Waals surface area contributed by atoms with Crippen LogP contribution in [0, 0.1) is 11.6 Å². The topological polar surface area (TPSA) is 23.6 Å². The molecule has 0 N–H and O–H groups in total. The minimum absolute atomic E-state index is 0.0119. The molecule has 1 aliphatic rings. The minimum Gasteiger partial charge on any atom is -0.340 e. The number of thiophene rings is 1. The van der Waals surface area contributed by atoms with E-state index in [1.807, 2.05) is 22.4 Å². The van der Waals surface area contributed by atoms with E-state index >= 15 is 0 Å². The van der Waals surface area contributed by atoms with Crippen molar-refractivity contribution in [2.75, 3.05) is 13.6 Å². The van der Waals surface area contributed by atoms with Crippen molar-refractivity contribution in [3.05, 3.63) is 57.8 Å². The molecular weight excluding hydrogens is 330 g/mol. The smallest absolute Gasteiger partial charge is 0.236 e. The van der Waals surface area contributed by atoms with Gasteiger partial charge in [0, 0.05) is 36.1 Å². The van der Waals surface area contributed by atoms with Crippen LogP contribution in [0.4, 0.5) is 8.78 Å². The molecule has 3 nitrogen and oxygen atoms in total. The fraction of sp³-hybridized carbons (Fsp3) is 0.389. The van der Waals surface area contributed by atoms with Gasteiger partial charge in [-0.05, 0) is 30.4 Å². The van der Waals surface area contributed by atoms with Gasteiger partial charge in [-0.3, -0.25) is 9.69 Å².